The smallest absolute Gasteiger partial charge is 0.376 e. The van der Waals surface area contributed by atoms with Crippen LogP contribution in [0.25, 0.3) is 0 Å². The van der Waals surface area contributed by atoms with Crippen molar-refractivity contribution in [2.24, 2.45) is 0 Å². The van der Waals surface area contributed by atoms with Crippen LogP contribution in [-0.4, -0.2) is 66.7 Å². The van der Waals surface area contributed by atoms with Gasteiger partial charge in [-0.15, -0.1) is 11.3 Å². The number of halogens is 3. The van der Waals surface area contributed by atoms with Gasteiger partial charge in [0.1, 0.15) is 4.21 Å². The number of rotatable bonds is 4. The molecule has 150 valence electrons. The lowest BCUT2D eigenvalue weighted by atomic mass is 9.89. The number of hydrogen-bond donors (Lipinski definition) is 1. The number of sulfonamides is 1. The van der Waals surface area contributed by atoms with Crippen LogP contribution >= 0.6 is 11.3 Å². The molecule has 2 unspecified atom stereocenters. The van der Waals surface area contributed by atoms with Crippen molar-refractivity contribution in [2.45, 2.75) is 35.4 Å². The maximum Gasteiger partial charge on any atom is 0.421 e. The molecule has 0 saturated carbocycles. The number of alkyl halides is 3. The highest BCUT2D eigenvalue weighted by molar-refractivity contribution is 7.91. The number of piperazine rings is 1. The van der Waals surface area contributed by atoms with Gasteiger partial charge in [-0.2, -0.15) is 17.5 Å². The van der Waals surface area contributed by atoms with Crippen molar-refractivity contribution in [1.29, 1.82) is 0 Å². The maximum atomic E-state index is 12.9. The summed E-state index contributed by atoms with van der Waals surface area (Å²) in [4.78, 5) is 2.05. The Bertz CT molecular complexity index is 822. The molecule has 2 aliphatic rings. The summed E-state index contributed by atoms with van der Waals surface area (Å²) in [5.41, 5.74) is -3.03. The zero-order valence-corrected chi connectivity index (χ0v) is 16.3. The lowest BCUT2D eigenvalue weighted by Crippen LogP contribution is -2.51. The molecule has 3 rings (SSSR count). The van der Waals surface area contributed by atoms with Gasteiger partial charge in [-0.25, -0.2) is 8.42 Å². The van der Waals surface area contributed by atoms with E-state index in [0.717, 1.165) is 6.92 Å². The molecule has 0 spiro atoms. The average molecular weight is 422 g/mol. The van der Waals surface area contributed by atoms with E-state index in [4.69, 9.17) is 0 Å². The molecule has 10 heteroatoms. The van der Waals surface area contributed by atoms with Crippen molar-refractivity contribution >= 4 is 21.4 Å². The van der Waals surface area contributed by atoms with E-state index in [2.05, 4.69) is 0 Å². The van der Waals surface area contributed by atoms with Crippen molar-refractivity contribution < 1.29 is 26.7 Å². The van der Waals surface area contributed by atoms with Gasteiger partial charge in [0.15, 0.2) is 5.60 Å². The van der Waals surface area contributed by atoms with Gasteiger partial charge in [-0.1, -0.05) is 24.3 Å². The molecule has 1 aliphatic carbocycles. The summed E-state index contributed by atoms with van der Waals surface area (Å²) in [5.74, 6) is 0. The normalized spacial score (nSPS) is 25.2. The summed E-state index contributed by atoms with van der Waals surface area (Å²) in [6, 6.07) is 3.17. The predicted molar refractivity (Wildman–Crippen MR) is 97.0 cm³/mol. The monoisotopic (exact) mass is 422 g/mol. The lowest BCUT2D eigenvalue weighted by molar-refractivity contribution is -0.235. The van der Waals surface area contributed by atoms with Gasteiger partial charge in [0.05, 0.1) is 0 Å². The molecule has 1 aliphatic heterocycles. The first kappa shape index (κ1) is 20.5. The topological polar surface area (TPSA) is 60.9 Å². The van der Waals surface area contributed by atoms with Crippen LogP contribution < -0.4 is 0 Å². The van der Waals surface area contributed by atoms with Crippen molar-refractivity contribution in [1.82, 2.24) is 9.21 Å². The fourth-order valence-electron chi connectivity index (χ4n) is 3.22. The molecule has 1 aromatic rings. The van der Waals surface area contributed by atoms with E-state index in [1.165, 1.54) is 27.8 Å². The van der Waals surface area contributed by atoms with Gasteiger partial charge in [0, 0.05) is 32.2 Å². The fourth-order valence-corrected chi connectivity index (χ4v) is 5.78. The Morgan fingerprint density at radius 3 is 2.37 bits per heavy atom. The molecule has 0 radical (unpaired) electrons. The number of nitrogens with zero attached hydrogens (tertiary/aromatic N) is 2. The van der Waals surface area contributed by atoms with E-state index in [0.29, 0.717) is 36.8 Å². The minimum atomic E-state index is -4.74. The summed E-state index contributed by atoms with van der Waals surface area (Å²) in [6.07, 6.45) is -0.0180. The highest BCUT2D eigenvalue weighted by Gasteiger charge is 2.52. The largest absolute Gasteiger partial charge is 0.421 e. The quantitative estimate of drug-likeness (QED) is 0.811. The minimum Gasteiger partial charge on any atom is -0.376 e. The Hall–Kier alpha value is -1.20. The molecule has 0 amide bonds. The van der Waals surface area contributed by atoms with E-state index < -0.39 is 21.8 Å². The van der Waals surface area contributed by atoms with E-state index >= 15 is 0 Å². The fraction of sp³-hybridized carbons (Fsp3) is 0.529. The zero-order valence-electron chi connectivity index (χ0n) is 14.7. The van der Waals surface area contributed by atoms with Gasteiger partial charge in [0.25, 0.3) is 10.0 Å². The number of aliphatic hydroxyl groups is 1. The summed E-state index contributed by atoms with van der Waals surface area (Å²) in [7, 11) is -3.48. The van der Waals surface area contributed by atoms with Crippen molar-refractivity contribution in [3.8, 4) is 0 Å². The van der Waals surface area contributed by atoms with E-state index in [1.807, 2.05) is 4.90 Å². The summed E-state index contributed by atoms with van der Waals surface area (Å²) in [6.45, 7) is 2.41. The second-order valence-corrected chi connectivity index (χ2v) is 9.88. The Morgan fingerprint density at radius 2 is 1.89 bits per heavy atom. The van der Waals surface area contributed by atoms with E-state index in [9.17, 15) is 26.7 Å². The lowest BCUT2D eigenvalue weighted by Gasteiger charge is -2.38. The Kier molecular flexibility index (Phi) is 5.57. The van der Waals surface area contributed by atoms with Gasteiger partial charge in [-0.3, -0.25) is 4.90 Å². The highest BCUT2D eigenvalue weighted by atomic mass is 32.2. The molecule has 1 aromatic heterocycles. The first-order valence-electron chi connectivity index (χ1n) is 8.49. The van der Waals surface area contributed by atoms with Gasteiger partial charge in [0.2, 0.25) is 0 Å². The molecular formula is C17H21F3N2O3S2. The standard InChI is InChI=1S/C17H21F3N2O3S2/c1-16(23,17(18,19)20)13-4-6-14(7-5-13)21-8-10-22(11-9-21)27(24,25)15-3-2-12-26-15/h2-6,12,14,23H,7-11H2,1H3. The molecule has 1 saturated heterocycles. The second kappa shape index (κ2) is 7.32. The number of hydrogen-bond acceptors (Lipinski definition) is 5. The van der Waals surface area contributed by atoms with E-state index in [1.54, 1.807) is 23.6 Å². The van der Waals surface area contributed by atoms with Crippen LogP contribution in [0.4, 0.5) is 13.2 Å². The van der Waals surface area contributed by atoms with Crippen molar-refractivity contribution in [2.75, 3.05) is 26.2 Å². The minimum absolute atomic E-state index is 0.107. The first-order valence-corrected chi connectivity index (χ1v) is 10.8. The first-order chi connectivity index (χ1) is 12.5. The molecule has 27 heavy (non-hydrogen) atoms. The van der Waals surface area contributed by atoms with Gasteiger partial charge < -0.3 is 5.11 Å². The molecule has 1 N–H and O–H groups in total. The molecule has 5 nitrogen and oxygen atoms in total. The number of thiophene rings is 1. The molecule has 1 fully saturated rings. The summed E-state index contributed by atoms with van der Waals surface area (Å²) < 4.78 is 65.7. The van der Waals surface area contributed by atoms with Crippen LogP contribution in [-0.2, 0) is 10.0 Å². The second-order valence-electron chi connectivity index (χ2n) is 6.76. The van der Waals surface area contributed by atoms with E-state index in [-0.39, 0.29) is 11.6 Å². The van der Waals surface area contributed by atoms with Gasteiger partial charge in [-0.05, 0) is 30.4 Å². The molecule has 2 heterocycles. The molecule has 0 bridgehead atoms. The van der Waals surface area contributed by atoms with Crippen LogP contribution in [0.3, 0.4) is 0 Å². The maximum absolute atomic E-state index is 12.9. The SMILES string of the molecule is CC(O)(C1=CCC(N2CCN(S(=O)(=O)c3cccs3)CC2)C=C1)C(F)(F)F. The predicted octanol–water partition coefficient (Wildman–Crippen LogP) is 2.62. The zero-order chi connectivity index (χ0) is 19.9. The molecule has 2 atom stereocenters. The van der Waals surface area contributed by atoms with Gasteiger partial charge >= 0.3 is 6.18 Å². The van der Waals surface area contributed by atoms with Crippen LogP contribution in [0.5, 0.6) is 0 Å². The van der Waals surface area contributed by atoms with Crippen LogP contribution in [0.15, 0.2) is 45.5 Å². The van der Waals surface area contributed by atoms with Crippen molar-refractivity contribution in [3.05, 3.63) is 41.3 Å². The van der Waals surface area contributed by atoms with Crippen LogP contribution in [0.1, 0.15) is 13.3 Å². The average Bonchev–Trinajstić information content (AvgIpc) is 3.16. The third-order valence-corrected chi connectivity index (χ3v) is 8.29. The third-order valence-electron chi connectivity index (χ3n) is 5.02. The Balaban J connectivity index is 1.60. The summed E-state index contributed by atoms with van der Waals surface area (Å²) in [5, 5.41) is 11.5. The van der Waals surface area contributed by atoms with Crippen molar-refractivity contribution in [3.63, 3.8) is 0 Å². The molecular weight excluding hydrogens is 401 g/mol. The summed E-state index contributed by atoms with van der Waals surface area (Å²) >= 11 is 1.18. The third kappa shape index (κ3) is 4.00. The highest BCUT2D eigenvalue weighted by Crippen LogP contribution is 2.38. The Labute approximate surface area is 160 Å². The van der Waals surface area contributed by atoms with Crippen LogP contribution in [0, 0.1) is 0 Å². The molecule has 0 aromatic carbocycles. The van der Waals surface area contributed by atoms with Crippen LogP contribution in [0.2, 0.25) is 0 Å². The Morgan fingerprint density at radius 1 is 1.22 bits per heavy atom.